The number of halogens is 5. The van der Waals surface area contributed by atoms with Crippen LogP contribution in [0, 0.1) is 23.3 Å². The molecule has 7 heteroatoms. The first-order valence-electron chi connectivity index (χ1n) is 7.19. The molecule has 0 saturated carbocycles. The van der Waals surface area contributed by atoms with Gasteiger partial charge in [-0.2, -0.15) is 8.78 Å². The number of unbranched alkanes of at least 4 members (excludes halogenated alkanes) is 1. The van der Waals surface area contributed by atoms with E-state index in [4.69, 9.17) is 11.6 Å². The Labute approximate surface area is 141 Å². The van der Waals surface area contributed by atoms with Crippen LogP contribution in [0.2, 0.25) is 5.02 Å². The van der Waals surface area contributed by atoms with E-state index in [0.29, 0.717) is 12.8 Å². The lowest BCUT2D eigenvalue weighted by molar-refractivity contribution is 0.0717. The van der Waals surface area contributed by atoms with Gasteiger partial charge in [0.05, 0.1) is 5.56 Å². The van der Waals surface area contributed by atoms with Gasteiger partial charge in [-0.1, -0.05) is 31.0 Å². The van der Waals surface area contributed by atoms with E-state index in [-0.39, 0.29) is 17.0 Å². The number of esters is 1. The summed E-state index contributed by atoms with van der Waals surface area (Å²) in [7, 11) is 0. The Morgan fingerprint density at radius 3 is 2.25 bits per heavy atom. The predicted octanol–water partition coefficient (Wildman–Crippen LogP) is 5.46. The van der Waals surface area contributed by atoms with Gasteiger partial charge >= 0.3 is 5.97 Å². The van der Waals surface area contributed by atoms with E-state index in [0.717, 1.165) is 0 Å². The molecule has 0 saturated heterocycles. The van der Waals surface area contributed by atoms with Gasteiger partial charge < -0.3 is 4.74 Å². The van der Waals surface area contributed by atoms with Gasteiger partial charge in [-0.3, -0.25) is 0 Å². The van der Waals surface area contributed by atoms with Gasteiger partial charge in [0.25, 0.3) is 0 Å². The summed E-state index contributed by atoms with van der Waals surface area (Å²) in [5.74, 6) is -9.19. The van der Waals surface area contributed by atoms with Crippen molar-refractivity contribution in [1.29, 1.82) is 0 Å². The summed E-state index contributed by atoms with van der Waals surface area (Å²) < 4.78 is 60.4. The third-order valence-electron chi connectivity index (χ3n) is 3.35. The predicted molar refractivity (Wildman–Crippen MR) is 81.3 cm³/mol. The van der Waals surface area contributed by atoms with Crippen molar-refractivity contribution in [2.75, 3.05) is 0 Å². The van der Waals surface area contributed by atoms with Crippen LogP contribution < -0.4 is 4.74 Å². The third kappa shape index (κ3) is 3.70. The summed E-state index contributed by atoms with van der Waals surface area (Å²) in [5.41, 5.74) is -0.813. The van der Waals surface area contributed by atoms with Crippen LogP contribution in [0.1, 0.15) is 35.7 Å². The van der Waals surface area contributed by atoms with Gasteiger partial charge in [-0.05, 0) is 31.0 Å². The summed E-state index contributed by atoms with van der Waals surface area (Å²) in [6, 6.07) is 5.37. The lowest BCUT2D eigenvalue weighted by Crippen LogP contribution is -2.14. The fraction of sp³-hybridized carbons (Fsp3) is 0.235. The highest BCUT2D eigenvalue weighted by Crippen LogP contribution is 2.31. The van der Waals surface area contributed by atoms with Gasteiger partial charge in [0.2, 0.25) is 17.4 Å². The molecule has 0 unspecified atom stereocenters. The molecule has 0 fully saturated rings. The molecular formula is C17H13ClF4O2. The maximum atomic E-state index is 14.0. The summed E-state index contributed by atoms with van der Waals surface area (Å²) in [4.78, 5) is 11.9. The zero-order valence-electron chi connectivity index (χ0n) is 12.6. The zero-order chi connectivity index (χ0) is 17.9. The SMILES string of the molecule is CCCCc1c(F)c(F)c(OC(=O)c2cccc(Cl)c2)c(F)c1F. The van der Waals surface area contributed by atoms with Gasteiger partial charge in [-0.15, -0.1) is 0 Å². The van der Waals surface area contributed by atoms with Gasteiger partial charge in [0.15, 0.2) is 11.6 Å². The molecule has 2 rings (SSSR count). The molecule has 0 atom stereocenters. The summed E-state index contributed by atoms with van der Waals surface area (Å²) in [6.45, 7) is 1.77. The van der Waals surface area contributed by atoms with E-state index in [1.54, 1.807) is 6.92 Å². The minimum absolute atomic E-state index is 0.114. The summed E-state index contributed by atoms with van der Waals surface area (Å²) in [5, 5.41) is 0.192. The number of ether oxygens (including phenoxy) is 1. The minimum atomic E-state index is -1.74. The van der Waals surface area contributed by atoms with Crippen molar-refractivity contribution in [3.8, 4) is 5.75 Å². The molecule has 24 heavy (non-hydrogen) atoms. The van der Waals surface area contributed by atoms with Crippen LogP contribution >= 0.6 is 11.6 Å². The Kier molecular flexibility index (Phi) is 5.83. The van der Waals surface area contributed by atoms with Gasteiger partial charge in [-0.25, -0.2) is 13.6 Å². The maximum Gasteiger partial charge on any atom is 0.343 e. The molecule has 0 radical (unpaired) electrons. The lowest BCUT2D eigenvalue weighted by atomic mass is 10.1. The van der Waals surface area contributed by atoms with Crippen molar-refractivity contribution in [2.24, 2.45) is 0 Å². The van der Waals surface area contributed by atoms with Crippen LogP contribution in [0.4, 0.5) is 17.6 Å². The fourth-order valence-corrected chi connectivity index (χ4v) is 2.28. The fourth-order valence-electron chi connectivity index (χ4n) is 2.09. The van der Waals surface area contributed by atoms with Crippen molar-refractivity contribution < 1.29 is 27.1 Å². The van der Waals surface area contributed by atoms with E-state index in [9.17, 15) is 22.4 Å². The Hall–Kier alpha value is -2.08. The number of hydrogen-bond acceptors (Lipinski definition) is 2. The first-order chi connectivity index (χ1) is 11.4. The third-order valence-corrected chi connectivity index (χ3v) is 3.58. The van der Waals surface area contributed by atoms with Crippen LogP contribution in [-0.4, -0.2) is 5.97 Å². The van der Waals surface area contributed by atoms with Gasteiger partial charge in [0, 0.05) is 10.6 Å². The van der Waals surface area contributed by atoms with Crippen LogP contribution in [0.5, 0.6) is 5.75 Å². The van der Waals surface area contributed by atoms with E-state index in [1.165, 1.54) is 24.3 Å². The average Bonchev–Trinajstić information content (AvgIpc) is 2.57. The Morgan fingerprint density at radius 2 is 1.71 bits per heavy atom. The molecule has 2 nitrogen and oxygen atoms in total. The molecule has 2 aromatic rings. The Balaban J connectivity index is 2.39. The summed E-state index contributed by atoms with van der Waals surface area (Å²) in [6.07, 6.45) is 0.784. The average molecular weight is 361 g/mol. The second kappa shape index (κ2) is 7.66. The zero-order valence-corrected chi connectivity index (χ0v) is 13.4. The molecule has 0 heterocycles. The second-order valence-electron chi connectivity index (χ2n) is 5.07. The summed E-state index contributed by atoms with van der Waals surface area (Å²) >= 11 is 5.70. The molecule has 0 N–H and O–H groups in total. The number of benzene rings is 2. The number of carbonyl (C=O) groups excluding carboxylic acids is 1. The van der Waals surface area contributed by atoms with Crippen LogP contribution in [0.15, 0.2) is 24.3 Å². The molecule has 0 spiro atoms. The highest BCUT2D eigenvalue weighted by molar-refractivity contribution is 6.30. The molecule has 2 aromatic carbocycles. The topological polar surface area (TPSA) is 26.3 Å². The minimum Gasteiger partial charge on any atom is -0.416 e. The van der Waals surface area contributed by atoms with E-state index in [2.05, 4.69) is 4.74 Å². The lowest BCUT2D eigenvalue weighted by Gasteiger charge is -2.12. The largest absolute Gasteiger partial charge is 0.416 e. The highest BCUT2D eigenvalue weighted by atomic mass is 35.5. The second-order valence-corrected chi connectivity index (χ2v) is 5.50. The Morgan fingerprint density at radius 1 is 1.08 bits per heavy atom. The maximum absolute atomic E-state index is 14.0. The van der Waals surface area contributed by atoms with Crippen LogP contribution in [0.25, 0.3) is 0 Å². The van der Waals surface area contributed by atoms with Crippen molar-refractivity contribution >= 4 is 17.6 Å². The monoisotopic (exact) mass is 360 g/mol. The molecule has 0 aliphatic carbocycles. The van der Waals surface area contributed by atoms with Crippen molar-refractivity contribution in [3.05, 3.63) is 63.7 Å². The molecular weight excluding hydrogens is 348 g/mol. The van der Waals surface area contributed by atoms with E-state index < -0.39 is 40.6 Å². The first-order valence-corrected chi connectivity index (χ1v) is 7.57. The van der Waals surface area contributed by atoms with E-state index >= 15 is 0 Å². The van der Waals surface area contributed by atoms with Crippen LogP contribution in [0.3, 0.4) is 0 Å². The number of rotatable bonds is 5. The first kappa shape index (κ1) is 18.3. The quantitative estimate of drug-likeness (QED) is 0.306. The molecule has 0 aromatic heterocycles. The molecule has 128 valence electrons. The molecule has 0 bridgehead atoms. The van der Waals surface area contributed by atoms with Crippen molar-refractivity contribution in [1.82, 2.24) is 0 Å². The van der Waals surface area contributed by atoms with Crippen LogP contribution in [-0.2, 0) is 6.42 Å². The van der Waals surface area contributed by atoms with E-state index in [1.807, 2.05) is 0 Å². The molecule has 0 aliphatic rings. The Bertz CT molecular complexity index is 748. The number of hydrogen-bond donors (Lipinski definition) is 0. The normalized spacial score (nSPS) is 10.8. The van der Waals surface area contributed by atoms with Gasteiger partial charge in [0.1, 0.15) is 0 Å². The van der Waals surface area contributed by atoms with Crippen molar-refractivity contribution in [3.63, 3.8) is 0 Å². The number of carbonyl (C=O) groups is 1. The van der Waals surface area contributed by atoms with Crippen molar-refractivity contribution in [2.45, 2.75) is 26.2 Å². The highest BCUT2D eigenvalue weighted by Gasteiger charge is 2.28. The molecule has 0 amide bonds. The molecule has 0 aliphatic heterocycles. The smallest absolute Gasteiger partial charge is 0.343 e. The standard InChI is InChI=1S/C17H13ClF4O2/c1-2-3-7-11-12(19)14(21)16(15(22)13(11)20)24-17(23)9-5-4-6-10(18)8-9/h4-6,8H,2-3,7H2,1H3.